The minimum atomic E-state index is -0.643. The van der Waals surface area contributed by atoms with Crippen LogP contribution in [0.4, 0.5) is 5.69 Å². The Morgan fingerprint density at radius 1 is 1.47 bits per heavy atom. The van der Waals surface area contributed by atoms with Gasteiger partial charge in [0.1, 0.15) is 0 Å². The molecule has 0 saturated carbocycles. The minimum absolute atomic E-state index is 0.00228. The number of nitrogens with two attached hydrogens (primary N) is 1. The van der Waals surface area contributed by atoms with Gasteiger partial charge in [0.2, 0.25) is 11.8 Å². The largest absolute Gasteiger partial charge is 0.354 e. The molecule has 0 radical (unpaired) electrons. The van der Waals surface area contributed by atoms with Gasteiger partial charge in [-0.3, -0.25) is 9.59 Å². The van der Waals surface area contributed by atoms with E-state index in [0.29, 0.717) is 19.5 Å². The van der Waals surface area contributed by atoms with Crippen LogP contribution in [0.15, 0.2) is 18.2 Å². The molecule has 5 nitrogen and oxygen atoms in total. The molecule has 19 heavy (non-hydrogen) atoms. The van der Waals surface area contributed by atoms with Gasteiger partial charge < -0.3 is 16.4 Å². The third kappa shape index (κ3) is 2.61. The number of fused-ring (bicyclic) bond motifs is 1. The van der Waals surface area contributed by atoms with E-state index in [1.807, 2.05) is 32.0 Å². The molecule has 102 valence electrons. The van der Waals surface area contributed by atoms with Crippen molar-refractivity contribution in [2.45, 2.75) is 25.7 Å². The number of rotatable bonds is 4. The average molecular weight is 261 g/mol. The molecule has 0 saturated heterocycles. The Labute approximate surface area is 112 Å². The number of amides is 2. The lowest BCUT2D eigenvalue weighted by molar-refractivity contribution is -0.125. The zero-order chi connectivity index (χ0) is 14.0. The first-order valence-electron chi connectivity index (χ1n) is 6.37. The topological polar surface area (TPSA) is 84.2 Å². The summed E-state index contributed by atoms with van der Waals surface area (Å²) in [5.74, 6) is -0.0623. The Bertz CT molecular complexity index is 523. The van der Waals surface area contributed by atoms with Gasteiger partial charge in [0.05, 0.1) is 11.8 Å². The number of carbonyl (C=O) groups is 2. The monoisotopic (exact) mass is 261 g/mol. The summed E-state index contributed by atoms with van der Waals surface area (Å²) in [6.07, 6.45) is 0.379. The van der Waals surface area contributed by atoms with E-state index < -0.39 is 5.41 Å². The Kier molecular flexibility index (Phi) is 3.57. The fourth-order valence-electron chi connectivity index (χ4n) is 2.16. The van der Waals surface area contributed by atoms with E-state index in [-0.39, 0.29) is 11.8 Å². The van der Waals surface area contributed by atoms with E-state index in [9.17, 15) is 9.59 Å². The van der Waals surface area contributed by atoms with Crippen molar-refractivity contribution in [2.75, 3.05) is 18.4 Å². The molecular weight excluding hydrogens is 242 g/mol. The molecule has 0 aromatic heterocycles. The molecule has 2 amide bonds. The summed E-state index contributed by atoms with van der Waals surface area (Å²) in [5, 5.41) is 5.58. The summed E-state index contributed by atoms with van der Waals surface area (Å²) in [5.41, 5.74) is 7.43. The molecule has 1 heterocycles. The SMILES string of the molecule is CC(C)(C(=O)NCCN)c1ccc2c(c1)CC(=O)N2. The number of benzene rings is 1. The second-order valence-corrected chi connectivity index (χ2v) is 5.27. The van der Waals surface area contributed by atoms with Crippen molar-refractivity contribution in [3.8, 4) is 0 Å². The summed E-state index contributed by atoms with van der Waals surface area (Å²) in [7, 11) is 0. The number of hydrogen-bond donors (Lipinski definition) is 3. The van der Waals surface area contributed by atoms with Crippen LogP contribution in [0.5, 0.6) is 0 Å². The fourth-order valence-corrected chi connectivity index (χ4v) is 2.16. The van der Waals surface area contributed by atoms with Crippen molar-refractivity contribution in [3.05, 3.63) is 29.3 Å². The molecule has 0 unspecified atom stereocenters. The number of anilines is 1. The first-order valence-corrected chi connectivity index (χ1v) is 6.37. The predicted octanol–water partition coefficient (Wildman–Crippen LogP) is 0.534. The van der Waals surface area contributed by atoms with Crippen molar-refractivity contribution in [2.24, 2.45) is 5.73 Å². The van der Waals surface area contributed by atoms with Crippen LogP contribution in [0, 0.1) is 0 Å². The van der Waals surface area contributed by atoms with Gasteiger partial charge in [-0.25, -0.2) is 0 Å². The molecule has 1 aliphatic heterocycles. The highest BCUT2D eigenvalue weighted by Crippen LogP contribution is 2.30. The van der Waals surface area contributed by atoms with E-state index in [1.54, 1.807) is 0 Å². The lowest BCUT2D eigenvalue weighted by Crippen LogP contribution is -2.42. The second-order valence-electron chi connectivity index (χ2n) is 5.27. The van der Waals surface area contributed by atoms with E-state index in [0.717, 1.165) is 16.8 Å². The molecule has 0 aliphatic carbocycles. The van der Waals surface area contributed by atoms with Crippen molar-refractivity contribution in [3.63, 3.8) is 0 Å². The van der Waals surface area contributed by atoms with Gasteiger partial charge >= 0.3 is 0 Å². The highest BCUT2D eigenvalue weighted by Gasteiger charge is 2.31. The standard InChI is InChI=1S/C14H19N3O2/c1-14(2,13(19)16-6-5-15)10-3-4-11-9(7-10)8-12(18)17-11/h3-4,7H,5-6,8,15H2,1-2H3,(H,16,19)(H,17,18). The molecule has 1 aromatic carbocycles. The quantitative estimate of drug-likeness (QED) is 0.739. The lowest BCUT2D eigenvalue weighted by atomic mass is 9.82. The van der Waals surface area contributed by atoms with Gasteiger partial charge in [-0.15, -0.1) is 0 Å². The smallest absolute Gasteiger partial charge is 0.230 e. The van der Waals surface area contributed by atoms with Gasteiger partial charge in [-0.05, 0) is 31.0 Å². The van der Waals surface area contributed by atoms with E-state index in [1.165, 1.54) is 0 Å². The maximum absolute atomic E-state index is 12.1. The van der Waals surface area contributed by atoms with Gasteiger partial charge in [0, 0.05) is 18.8 Å². The van der Waals surface area contributed by atoms with Gasteiger partial charge in [0.25, 0.3) is 0 Å². The third-order valence-electron chi connectivity index (χ3n) is 3.45. The van der Waals surface area contributed by atoms with Crippen LogP contribution in [0.2, 0.25) is 0 Å². The molecule has 0 fully saturated rings. The molecule has 0 bridgehead atoms. The molecule has 2 rings (SSSR count). The Hall–Kier alpha value is -1.88. The molecule has 1 aromatic rings. The van der Waals surface area contributed by atoms with E-state index >= 15 is 0 Å². The minimum Gasteiger partial charge on any atom is -0.354 e. The first-order chi connectivity index (χ1) is 8.95. The Balaban J connectivity index is 2.24. The molecule has 5 heteroatoms. The molecule has 1 aliphatic rings. The van der Waals surface area contributed by atoms with Crippen LogP contribution in [-0.4, -0.2) is 24.9 Å². The van der Waals surface area contributed by atoms with Crippen LogP contribution < -0.4 is 16.4 Å². The molecule has 0 atom stereocenters. The molecule has 4 N–H and O–H groups in total. The number of hydrogen-bond acceptors (Lipinski definition) is 3. The average Bonchev–Trinajstić information content (AvgIpc) is 2.74. The lowest BCUT2D eigenvalue weighted by Gasteiger charge is -2.24. The van der Waals surface area contributed by atoms with Crippen molar-refractivity contribution < 1.29 is 9.59 Å². The first kappa shape index (κ1) is 13.5. The maximum atomic E-state index is 12.1. The molecule has 0 spiro atoms. The summed E-state index contributed by atoms with van der Waals surface area (Å²) >= 11 is 0. The second kappa shape index (κ2) is 5.01. The highest BCUT2D eigenvalue weighted by atomic mass is 16.2. The van der Waals surface area contributed by atoms with E-state index in [4.69, 9.17) is 5.73 Å². The Morgan fingerprint density at radius 3 is 2.89 bits per heavy atom. The zero-order valence-corrected chi connectivity index (χ0v) is 11.2. The van der Waals surface area contributed by atoms with Crippen LogP contribution in [-0.2, 0) is 21.4 Å². The van der Waals surface area contributed by atoms with Crippen LogP contribution >= 0.6 is 0 Å². The van der Waals surface area contributed by atoms with Crippen molar-refractivity contribution in [1.82, 2.24) is 5.32 Å². The zero-order valence-electron chi connectivity index (χ0n) is 11.2. The normalized spacial score (nSPS) is 13.9. The summed E-state index contributed by atoms with van der Waals surface area (Å²) in [6.45, 7) is 4.62. The summed E-state index contributed by atoms with van der Waals surface area (Å²) < 4.78 is 0. The highest BCUT2D eigenvalue weighted by molar-refractivity contribution is 5.99. The van der Waals surface area contributed by atoms with Crippen LogP contribution in [0.3, 0.4) is 0 Å². The summed E-state index contributed by atoms with van der Waals surface area (Å²) in [6, 6.07) is 5.66. The van der Waals surface area contributed by atoms with Gasteiger partial charge in [-0.2, -0.15) is 0 Å². The third-order valence-corrected chi connectivity index (χ3v) is 3.45. The Morgan fingerprint density at radius 2 is 2.21 bits per heavy atom. The summed E-state index contributed by atoms with van der Waals surface area (Å²) in [4.78, 5) is 23.5. The van der Waals surface area contributed by atoms with Crippen LogP contribution in [0.1, 0.15) is 25.0 Å². The number of carbonyl (C=O) groups excluding carboxylic acids is 2. The fraction of sp³-hybridized carbons (Fsp3) is 0.429. The van der Waals surface area contributed by atoms with Gasteiger partial charge in [-0.1, -0.05) is 12.1 Å². The molecular formula is C14H19N3O2. The van der Waals surface area contributed by atoms with Crippen molar-refractivity contribution in [1.29, 1.82) is 0 Å². The maximum Gasteiger partial charge on any atom is 0.230 e. The van der Waals surface area contributed by atoms with E-state index in [2.05, 4.69) is 10.6 Å². The van der Waals surface area contributed by atoms with Crippen LogP contribution in [0.25, 0.3) is 0 Å². The van der Waals surface area contributed by atoms with Gasteiger partial charge in [0.15, 0.2) is 0 Å². The number of nitrogens with one attached hydrogen (secondary N) is 2. The van der Waals surface area contributed by atoms with Crippen molar-refractivity contribution >= 4 is 17.5 Å². The predicted molar refractivity (Wildman–Crippen MR) is 73.9 cm³/mol.